The van der Waals surface area contributed by atoms with Crippen molar-refractivity contribution in [3.8, 4) is 5.75 Å². The standard InChI is InChI=1S/C14H22N2O2/c1-10(2)11-6-5-7-12(8-11)18-9-14(3,4)13(17)16-15/h5-8,10H,9,15H2,1-4H3,(H,16,17). The first kappa shape index (κ1) is 14.5. The summed E-state index contributed by atoms with van der Waals surface area (Å²) in [6.45, 7) is 8.14. The van der Waals surface area contributed by atoms with Gasteiger partial charge in [-0.3, -0.25) is 10.2 Å². The van der Waals surface area contributed by atoms with E-state index in [1.54, 1.807) is 13.8 Å². The number of carbonyl (C=O) groups excluding carboxylic acids is 1. The van der Waals surface area contributed by atoms with Crippen LogP contribution in [0.5, 0.6) is 5.75 Å². The Balaban J connectivity index is 2.69. The van der Waals surface area contributed by atoms with Gasteiger partial charge in [-0.2, -0.15) is 0 Å². The number of benzene rings is 1. The van der Waals surface area contributed by atoms with Crippen molar-refractivity contribution in [3.63, 3.8) is 0 Å². The molecular weight excluding hydrogens is 228 g/mol. The van der Waals surface area contributed by atoms with Gasteiger partial charge in [0.05, 0.1) is 5.41 Å². The number of nitrogens with one attached hydrogen (secondary N) is 1. The number of rotatable bonds is 5. The van der Waals surface area contributed by atoms with Gasteiger partial charge in [0.25, 0.3) is 0 Å². The molecule has 1 aromatic rings. The molecule has 0 atom stereocenters. The summed E-state index contributed by atoms with van der Waals surface area (Å²) in [6, 6.07) is 7.92. The molecule has 0 bridgehead atoms. The smallest absolute Gasteiger partial charge is 0.242 e. The molecule has 0 aliphatic heterocycles. The number of hydrogen-bond acceptors (Lipinski definition) is 3. The quantitative estimate of drug-likeness (QED) is 0.478. The van der Waals surface area contributed by atoms with Gasteiger partial charge in [-0.15, -0.1) is 0 Å². The van der Waals surface area contributed by atoms with E-state index in [4.69, 9.17) is 10.6 Å². The molecule has 0 radical (unpaired) electrons. The van der Waals surface area contributed by atoms with E-state index in [9.17, 15) is 4.79 Å². The van der Waals surface area contributed by atoms with Crippen LogP contribution in [0.25, 0.3) is 0 Å². The van der Waals surface area contributed by atoms with Crippen LogP contribution in [0.3, 0.4) is 0 Å². The first-order valence-electron chi connectivity index (χ1n) is 6.10. The number of hydrazine groups is 1. The number of hydrogen-bond donors (Lipinski definition) is 2. The molecule has 0 heterocycles. The van der Waals surface area contributed by atoms with E-state index in [1.165, 1.54) is 5.56 Å². The lowest BCUT2D eigenvalue weighted by molar-refractivity contribution is -0.130. The van der Waals surface area contributed by atoms with Crippen molar-refractivity contribution in [1.29, 1.82) is 0 Å². The van der Waals surface area contributed by atoms with Crippen LogP contribution in [-0.4, -0.2) is 12.5 Å². The average Bonchev–Trinajstić information content (AvgIpc) is 2.35. The molecule has 0 aliphatic carbocycles. The van der Waals surface area contributed by atoms with Crippen LogP contribution in [-0.2, 0) is 4.79 Å². The van der Waals surface area contributed by atoms with Gasteiger partial charge < -0.3 is 4.74 Å². The fraction of sp³-hybridized carbons (Fsp3) is 0.500. The van der Waals surface area contributed by atoms with Crippen LogP contribution >= 0.6 is 0 Å². The van der Waals surface area contributed by atoms with E-state index in [0.29, 0.717) is 5.92 Å². The zero-order valence-electron chi connectivity index (χ0n) is 11.5. The first-order valence-corrected chi connectivity index (χ1v) is 6.10. The maximum Gasteiger partial charge on any atom is 0.242 e. The molecule has 3 N–H and O–H groups in total. The second-order valence-electron chi connectivity index (χ2n) is 5.37. The van der Waals surface area contributed by atoms with E-state index in [-0.39, 0.29) is 12.5 Å². The van der Waals surface area contributed by atoms with Crippen molar-refractivity contribution in [2.24, 2.45) is 11.3 Å². The molecule has 0 saturated heterocycles. The molecule has 0 aliphatic rings. The number of ether oxygens (including phenoxy) is 1. The molecule has 1 amide bonds. The average molecular weight is 250 g/mol. The lowest BCUT2D eigenvalue weighted by Gasteiger charge is -2.22. The van der Waals surface area contributed by atoms with Crippen LogP contribution in [0.2, 0.25) is 0 Å². The van der Waals surface area contributed by atoms with Crippen molar-refractivity contribution >= 4 is 5.91 Å². The van der Waals surface area contributed by atoms with Crippen LogP contribution in [0.15, 0.2) is 24.3 Å². The van der Waals surface area contributed by atoms with Gasteiger partial charge in [-0.1, -0.05) is 26.0 Å². The number of carbonyl (C=O) groups is 1. The minimum atomic E-state index is -0.650. The highest BCUT2D eigenvalue weighted by Crippen LogP contribution is 2.22. The Kier molecular flexibility index (Phi) is 4.73. The summed E-state index contributed by atoms with van der Waals surface area (Å²) in [5.41, 5.74) is 2.72. The van der Waals surface area contributed by atoms with E-state index < -0.39 is 5.41 Å². The highest BCUT2D eigenvalue weighted by atomic mass is 16.5. The summed E-state index contributed by atoms with van der Waals surface area (Å²) in [7, 11) is 0. The Hall–Kier alpha value is -1.55. The third-order valence-electron chi connectivity index (χ3n) is 2.87. The van der Waals surface area contributed by atoms with Gasteiger partial charge in [0, 0.05) is 0 Å². The van der Waals surface area contributed by atoms with Crippen LogP contribution in [0.4, 0.5) is 0 Å². The maximum atomic E-state index is 11.5. The molecule has 4 heteroatoms. The zero-order chi connectivity index (χ0) is 13.8. The van der Waals surface area contributed by atoms with Gasteiger partial charge >= 0.3 is 0 Å². The third-order valence-corrected chi connectivity index (χ3v) is 2.87. The predicted octanol–water partition coefficient (Wildman–Crippen LogP) is 2.20. The molecular formula is C14H22N2O2. The summed E-state index contributed by atoms with van der Waals surface area (Å²) in [5.74, 6) is 6.13. The molecule has 0 unspecified atom stereocenters. The molecule has 0 saturated carbocycles. The number of amides is 1. The second-order valence-corrected chi connectivity index (χ2v) is 5.37. The lowest BCUT2D eigenvalue weighted by Crippen LogP contribution is -2.44. The second kappa shape index (κ2) is 5.87. The summed E-state index contributed by atoms with van der Waals surface area (Å²) in [4.78, 5) is 11.5. The Morgan fingerprint density at radius 2 is 2.11 bits per heavy atom. The Morgan fingerprint density at radius 1 is 1.44 bits per heavy atom. The molecule has 0 aromatic heterocycles. The van der Waals surface area contributed by atoms with Crippen LogP contribution in [0, 0.1) is 5.41 Å². The summed E-state index contributed by atoms with van der Waals surface area (Å²) in [5, 5.41) is 0. The van der Waals surface area contributed by atoms with Crippen molar-refractivity contribution in [3.05, 3.63) is 29.8 Å². The normalized spacial score (nSPS) is 11.4. The van der Waals surface area contributed by atoms with Gasteiger partial charge in [-0.05, 0) is 37.5 Å². The van der Waals surface area contributed by atoms with Crippen LogP contribution < -0.4 is 16.0 Å². The highest BCUT2D eigenvalue weighted by Gasteiger charge is 2.27. The summed E-state index contributed by atoms with van der Waals surface area (Å²) >= 11 is 0. The van der Waals surface area contributed by atoms with E-state index in [1.807, 2.05) is 18.2 Å². The monoisotopic (exact) mass is 250 g/mol. The zero-order valence-corrected chi connectivity index (χ0v) is 11.5. The van der Waals surface area contributed by atoms with E-state index in [2.05, 4.69) is 25.3 Å². The molecule has 1 aromatic carbocycles. The molecule has 0 spiro atoms. The third kappa shape index (κ3) is 3.74. The van der Waals surface area contributed by atoms with Gasteiger partial charge in [0.2, 0.25) is 5.91 Å². The van der Waals surface area contributed by atoms with Crippen molar-refractivity contribution in [2.45, 2.75) is 33.6 Å². The van der Waals surface area contributed by atoms with Gasteiger partial charge in [-0.25, -0.2) is 5.84 Å². The Morgan fingerprint density at radius 3 is 2.67 bits per heavy atom. The Bertz CT molecular complexity index is 414. The molecule has 4 nitrogen and oxygen atoms in total. The van der Waals surface area contributed by atoms with Crippen LogP contribution in [0.1, 0.15) is 39.2 Å². The van der Waals surface area contributed by atoms with Gasteiger partial charge in [0.1, 0.15) is 12.4 Å². The summed E-state index contributed by atoms with van der Waals surface area (Å²) in [6.07, 6.45) is 0. The molecule has 100 valence electrons. The summed E-state index contributed by atoms with van der Waals surface area (Å²) < 4.78 is 5.67. The maximum absolute atomic E-state index is 11.5. The largest absolute Gasteiger partial charge is 0.492 e. The Labute approximate surface area is 108 Å². The fourth-order valence-electron chi connectivity index (χ4n) is 1.49. The molecule has 0 fully saturated rings. The minimum Gasteiger partial charge on any atom is -0.492 e. The van der Waals surface area contributed by atoms with Crippen molar-refractivity contribution in [1.82, 2.24) is 5.43 Å². The van der Waals surface area contributed by atoms with Crippen molar-refractivity contribution in [2.75, 3.05) is 6.61 Å². The lowest BCUT2D eigenvalue weighted by atomic mass is 9.94. The molecule has 18 heavy (non-hydrogen) atoms. The highest BCUT2D eigenvalue weighted by molar-refractivity contribution is 5.81. The first-order chi connectivity index (χ1) is 8.36. The van der Waals surface area contributed by atoms with E-state index >= 15 is 0 Å². The topological polar surface area (TPSA) is 64.3 Å². The predicted molar refractivity (Wildman–Crippen MR) is 72.1 cm³/mol. The number of nitrogens with two attached hydrogens (primary N) is 1. The minimum absolute atomic E-state index is 0.234. The van der Waals surface area contributed by atoms with Crippen molar-refractivity contribution < 1.29 is 9.53 Å². The van der Waals surface area contributed by atoms with E-state index in [0.717, 1.165) is 5.75 Å². The van der Waals surface area contributed by atoms with Gasteiger partial charge in [0.15, 0.2) is 0 Å². The molecule has 1 rings (SSSR count). The fourth-order valence-corrected chi connectivity index (χ4v) is 1.49. The SMILES string of the molecule is CC(C)c1cccc(OCC(C)(C)C(=O)NN)c1.